The highest BCUT2D eigenvalue weighted by molar-refractivity contribution is 6.03. The first-order valence-corrected chi connectivity index (χ1v) is 8.34. The van der Waals surface area contributed by atoms with Gasteiger partial charge in [0, 0.05) is 25.7 Å². The molecule has 14 heteroatoms. The fourth-order valence-electron chi connectivity index (χ4n) is 2.20. The van der Waals surface area contributed by atoms with Crippen LogP contribution in [0.3, 0.4) is 0 Å². The number of hydrogen-bond acceptors (Lipinski definition) is 10. The molecule has 2 heterocycles. The van der Waals surface area contributed by atoms with Gasteiger partial charge in [-0.3, -0.25) is 28.8 Å². The zero-order chi connectivity index (χ0) is 21.6. The van der Waals surface area contributed by atoms with Crippen molar-refractivity contribution in [3.63, 3.8) is 0 Å². The van der Waals surface area contributed by atoms with E-state index in [1.165, 1.54) is 0 Å². The van der Waals surface area contributed by atoms with Gasteiger partial charge in [0.1, 0.15) is 19.5 Å². The van der Waals surface area contributed by atoms with Gasteiger partial charge < -0.3 is 20.3 Å². The van der Waals surface area contributed by atoms with E-state index in [0.717, 1.165) is 0 Å². The van der Waals surface area contributed by atoms with Crippen LogP contribution in [0.5, 0.6) is 0 Å². The van der Waals surface area contributed by atoms with Gasteiger partial charge in [0.15, 0.2) is 0 Å². The van der Waals surface area contributed by atoms with Crippen LogP contribution in [0, 0.1) is 0 Å². The molecule has 0 spiro atoms. The van der Waals surface area contributed by atoms with E-state index >= 15 is 0 Å². The SMILES string of the molecule is O=C(CC(=O)NCC(=O)ON1C(=O)CCC1=O)NCC(=O)ON1C(=O)CCC1=O. The van der Waals surface area contributed by atoms with Crippen molar-refractivity contribution >= 4 is 47.4 Å². The summed E-state index contributed by atoms with van der Waals surface area (Å²) in [7, 11) is 0. The molecule has 0 atom stereocenters. The van der Waals surface area contributed by atoms with Crippen molar-refractivity contribution in [3.8, 4) is 0 Å². The summed E-state index contributed by atoms with van der Waals surface area (Å²) in [6, 6.07) is 0. The maximum Gasteiger partial charge on any atom is 0.352 e. The van der Waals surface area contributed by atoms with E-state index < -0.39 is 66.9 Å². The van der Waals surface area contributed by atoms with Crippen LogP contribution in [0.15, 0.2) is 0 Å². The molecular formula is C15H16N4O10. The number of hydroxylamine groups is 4. The summed E-state index contributed by atoms with van der Waals surface area (Å²) >= 11 is 0. The molecule has 0 aromatic heterocycles. The first kappa shape index (κ1) is 21.5. The van der Waals surface area contributed by atoms with Crippen molar-refractivity contribution in [3.05, 3.63) is 0 Å². The lowest BCUT2D eigenvalue weighted by atomic mass is 10.3. The average Bonchev–Trinajstić information content (AvgIpc) is 3.15. The summed E-state index contributed by atoms with van der Waals surface area (Å²) in [6.45, 7) is -1.41. The molecule has 0 aromatic carbocycles. The second-order valence-corrected chi connectivity index (χ2v) is 5.82. The first-order chi connectivity index (χ1) is 13.7. The molecule has 0 saturated carbocycles. The number of imide groups is 2. The third-order valence-corrected chi connectivity index (χ3v) is 3.58. The van der Waals surface area contributed by atoms with E-state index in [2.05, 4.69) is 9.68 Å². The van der Waals surface area contributed by atoms with Crippen LogP contribution < -0.4 is 10.6 Å². The Morgan fingerprint density at radius 2 is 0.966 bits per heavy atom. The highest BCUT2D eigenvalue weighted by Gasteiger charge is 2.33. The summed E-state index contributed by atoms with van der Waals surface area (Å²) in [6.07, 6.45) is -1.09. The third kappa shape index (κ3) is 6.08. The van der Waals surface area contributed by atoms with Gasteiger partial charge in [0.25, 0.3) is 23.6 Å². The average molecular weight is 412 g/mol. The lowest BCUT2D eigenvalue weighted by molar-refractivity contribution is -0.196. The molecule has 2 rings (SSSR count). The highest BCUT2D eigenvalue weighted by Crippen LogP contribution is 2.12. The summed E-state index contributed by atoms with van der Waals surface area (Å²) in [5.74, 6) is -6.72. The molecule has 0 aromatic rings. The lowest BCUT2D eigenvalue weighted by Gasteiger charge is -2.13. The van der Waals surface area contributed by atoms with Crippen molar-refractivity contribution in [1.82, 2.24) is 20.8 Å². The van der Waals surface area contributed by atoms with Crippen molar-refractivity contribution < 1.29 is 48.0 Å². The maximum absolute atomic E-state index is 11.6. The van der Waals surface area contributed by atoms with Gasteiger partial charge in [-0.25, -0.2) is 9.59 Å². The minimum atomic E-state index is -1.09. The van der Waals surface area contributed by atoms with Gasteiger partial charge in [0.2, 0.25) is 11.8 Å². The van der Waals surface area contributed by atoms with Crippen molar-refractivity contribution in [2.75, 3.05) is 13.1 Å². The lowest BCUT2D eigenvalue weighted by Crippen LogP contribution is -2.40. The van der Waals surface area contributed by atoms with Crippen LogP contribution >= 0.6 is 0 Å². The van der Waals surface area contributed by atoms with Gasteiger partial charge in [-0.2, -0.15) is 0 Å². The molecule has 29 heavy (non-hydrogen) atoms. The van der Waals surface area contributed by atoms with E-state index in [4.69, 9.17) is 0 Å². The number of carbonyl (C=O) groups excluding carboxylic acids is 8. The molecule has 2 saturated heterocycles. The number of nitrogens with zero attached hydrogens (tertiary/aromatic N) is 2. The van der Waals surface area contributed by atoms with Gasteiger partial charge in [-0.1, -0.05) is 0 Å². The highest BCUT2D eigenvalue weighted by atomic mass is 16.7. The number of hydrogen-bond donors (Lipinski definition) is 2. The maximum atomic E-state index is 11.6. The largest absolute Gasteiger partial charge is 0.352 e. The zero-order valence-electron chi connectivity index (χ0n) is 14.9. The Hall–Kier alpha value is -3.84. The van der Waals surface area contributed by atoms with E-state index in [0.29, 0.717) is 10.1 Å². The van der Waals surface area contributed by atoms with E-state index in [9.17, 15) is 38.4 Å². The van der Waals surface area contributed by atoms with E-state index in [1.807, 2.05) is 10.6 Å². The van der Waals surface area contributed by atoms with Crippen LogP contribution in [-0.4, -0.2) is 70.6 Å². The van der Waals surface area contributed by atoms with Gasteiger partial charge in [-0.15, -0.1) is 10.1 Å². The second-order valence-electron chi connectivity index (χ2n) is 5.82. The van der Waals surface area contributed by atoms with Crippen LogP contribution in [-0.2, 0) is 48.0 Å². The third-order valence-electron chi connectivity index (χ3n) is 3.58. The summed E-state index contributed by atoms with van der Waals surface area (Å²) in [5, 5.41) is 4.69. The van der Waals surface area contributed by atoms with Crippen molar-refractivity contribution in [1.29, 1.82) is 0 Å². The molecule has 2 aliphatic heterocycles. The molecule has 14 nitrogen and oxygen atoms in total. The Morgan fingerprint density at radius 1 is 0.655 bits per heavy atom. The summed E-state index contributed by atoms with van der Waals surface area (Å²) in [4.78, 5) is 100. The van der Waals surface area contributed by atoms with Gasteiger partial charge in [-0.05, 0) is 0 Å². The Kier molecular flexibility index (Phi) is 6.94. The Bertz CT molecular complexity index is 696. The fourth-order valence-corrected chi connectivity index (χ4v) is 2.20. The Morgan fingerprint density at radius 3 is 1.28 bits per heavy atom. The topological polar surface area (TPSA) is 186 Å². The molecule has 0 aliphatic carbocycles. The van der Waals surface area contributed by atoms with E-state index in [-0.39, 0.29) is 25.7 Å². The van der Waals surface area contributed by atoms with Crippen LogP contribution in [0.4, 0.5) is 0 Å². The minimum Gasteiger partial charge on any atom is -0.345 e. The normalized spacial score (nSPS) is 16.1. The monoisotopic (exact) mass is 412 g/mol. The molecule has 156 valence electrons. The predicted molar refractivity (Wildman–Crippen MR) is 85.0 cm³/mol. The van der Waals surface area contributed by atoms with Crippen LogP contribution in [0.25, 0.3) is 0 Å². The molecule has 0 unspecified atom stereocenters. The molecular weight excluding hydrogens is 396 g/mol. The molecule has 2 fully saturated rings. The summed E-state index contributed by atoms with van der Waals surface area (Å²) < 4.78 is 0. The Labute approximate surface area is 162 Å². The van der Waals surface area contributed by atoms with Gasteiger partial charge in [0.05, 0.1) is 0 Å². The van der Waals surface area contributed by atoms with Crippen molar-refractivity contribution in [2.45, 2.75) is 32.1 Å². The number of amides is 6. The molecule has 6 amide bonds. The molecule has 2 N–H and O–H groups in total. The minimum absolute atomic E-state index is 0.0822. The van der Waals surface area contributed by atoms with Crippen LogP contribution in [0.2, 0.25) is 0 Å². The predicted octanol–water partition coefficient (Wildman–Crippen LogP) is -3.18. The first-order valence-electron chi connectivity index (χ1n) is 8.34. The number of nitrogens with one attached hydrogen (secondary N) is 2. The van der Waals surface area contributed by atoms with E-state index in [1.54, 1.807) is 0 Å². The van der Waals surface area contributed by atoms with Crippen LogP contribution in [0.1, 0.15) is 32.1 Å². The smallest absolute Gasteiger partial charge is 0.345 e. The number of carbonyl (C=O) groups is 8. The Balaban J connectivity index is 1.63. The summed E-state index contributed by atoms with van der Waals surface area (Å²) in [5.41, 5.74) is 0. The molecule has 2 aliphatic rings. The standard InChI is InChI=1S/C15H16N4O10/c20-8(16-6-14(26)28-18-10(22)1-2-11(18)23)5-9(21)17-7-15(27)29-19-12(24)3-4-13(19)25/h1-7H2,(H,16,20)(H,17,21). The molecule has 0 radical (unpaired) electrons. The zero-order valence-corrected chi connectivity index (χ0v) is 14.9. The molecule has 0 bridgehead atoms. The van der Waals surface area contributed by atoms with Gasteiger partial charge >= 0.3 is 11.9 Å². The number of rotatable bonds is 8. The fraction of sp³-hybridized carbons (Fsp3) is 0.467. The second kappa shape index (κ2) is 9.38. The van der Waals surface area contributed by atoms with Crippen molar-refractivity contribution in [2.24, 2.45) is 0 Å². The quantitative estimate of drug-likeness (QED) is 0.304.